The molecule has 1 aromatic carbocycles. The Balaban J connectivity index is 1.88. The summed E-state index contributed by atoms with van der Waals surface area (Å²) >= 11 is 0. The maximum Gasteiger partial charge on any atom is 0.238 e. The molecular formula is C15H20N2O4S. The van der Waals surface area contributed by atoms with E-state index in [4.69, 9.17) is 4.74 Å². The Bertz CT molecular complexity index is 674. The molecule has 22 heavy (non-hydrogen) atoms. The molecule has 0 bridgehead atoms. The number of benzene rings is 1. The molecule has 2 aliphatic heterocycles. The van der Waals surface area contributed by atoms with Crippen LogP contribution in [0.4, 0.5) is 0 Å². The highest BCUT2D eigenvalue weighted by atomic mass is 32.2. The van der Waals surface area contributed by atoms with E-state index < -0.39 is 10.0 Å². The van der Waals surface area contributed by atoms with Crippen LogP contribution < -0.4 is 0 Å². The second-order valence-electron chi connectivity index (χ2n) is 5.65. The van der Waals surface area contributed by atoms with Crippen molar-refractivity contribution >= 4 is 15.9 Å². The van der Waals surface area contributed by atoms with Gasteiger partial charge in [0.15, 0.2) is 0 Å². The van der Waals surface area contributed by atoms with Gasteiger partial charge in [0.25, 0.3) is 0 Å². The van der Waals surface area contributed by atoms with Crippen LogP contribution in [0.25, 0.3) is 0 Å². The number of carbonyl (C=O) groups excluding carboxylic acids is 1. The molecule has 2 aliphatic rings. The average molecular weight is 324 g/mol. The van der Waals surface area contributed by atoms with Crippen LogP contribution >= 0.6 is 0 Å². The molecule has 1 fully saturated rings. The monoisotopic (exact) mass is 324 g/mol. The maximum atomic E-state index is 12.4. The molecule has 2 heterocycles. The van der Waals surface area contributed by atoms with Gasteiger partial charge in [-0.1, -0.05) is 24.3 Å². The molecule has 0 saturated carbocycles. The van der Waals surface area contributed by atoms with Crippen LogP contribution in [-0.4, -0.2) is 62.6 Å². The Morgan fingerprint density at radius 3 is 2.86 bits per heavy atom. The summed E-state index contributed by atoms with van der Waals surface area (Å²) in [5, 5.41) is 0. The lowest BCUT2D eigenvalue weighted by Crippen LogP contribution is -2.56. The third-order valence-corrected chi connectivity index (χ3v) is 6.11. The van der Waals surface area contributed by atoms with Crippen molar-refractivity contribution in [1.82, 2.24) is 9.21 Å². The highest BCUT2D eigenvalue weighted by Gasteiger charge is 2.40. The first-order chi connectivity index (χ1) is 10.5. The molecular weight excluding hydrogens is 304 g/mol. The molecule has 0 radical (unpaired) electrons. The van der Waals surface area contributed by atoms with Gasteiger partial charge < -0.3 is 9.64 Å². The van der Waals surface area contributed by atoms with E-state index in [1.165, 1.54) is 17.0 Å². The molecule has 0 aromatic heterocycles. The van der Waals surface area contributed by atoms with Crippen molar-refractivity contribution in [3.8, 4) is 0 Å². The quantitative estimate of drug-likeness (QED) is 0.804. The number of fused-ring (bicyclic) bond motifs is 3. The van der Waals surface area contributed by atoms with E-state index >= 15 is 0 Å². The molecule has 1 amide bonds. The number of methoxy groups -OCH3 is 1. The number of hydrogen-bond donors (Lipinski definition) is 0. The molecule has 3 rings (SSSR count). The number of rotatable bonds is 4. The average Bonchev–Trinajstić information content (AvgIpc) is 2.52. The van der Waals surface area contributed by atoms with Crippen LogP contribution in [0, 0.1) is 0 Å². The number of amides is 1. The van der Waals surface area contributed by atoms with Gasteiger partial charge in [0.1, 0.15) is 0 Å². The van der Waals surface area contributed by atoms with E-state index in [0.29, 0.717) is 13.1 Å². The van der Waals surface area contributed by atoms with Crippen molar-refractivity contribution in [3.63, 3.8) is 0 Å². The van der Waals surface area contributed by atoms with E-state index in [2.05, 4.69) is 6.07 Å². The Labute approximate surface area is 130 Å². The molecule has 1 atom stereocenters. The first-order valence-electron chi connectivity index (χ1n) is 7.37. The van der Waals surface area contributed by atoms with Gasteiger partial charge in [-0.3, -0.25) is 4.79 Å². The smallest absolute Gasteiger partial charge is 0.238 e. The van der Waals surface area contributed by atoms with Crippen LogP contribution in [0.5, 0.6) is 0 Å². The summed E-state index contributed by atoms with van der Waals surface area (Å²) in [5.41, 5.74) is 2.27. The van der Waals surface area contributed by atoms with Crippen LogP contribution in [0.3, 0.4) is 0 Å². The Morgan fingerprint density at radius 1 is 1.32 bits per heavy atom. The summed E-state index contributed by atoms with van der Waals surface area (Å²) in [6.07, 6.45) is 0.828. The van der Waals surface area contributed by atoms with Crippen molar-refractivity contribution in [3.05, 3.63) is 35.4 Å². The van der Waals surface area contributed by atoms with E-state index in [0.717, 1.165) is 12.0 Å². The van der Waals surface area contributed by atoms with Crippen LogP contribution in [0.1, 0.15) is 17.2 Å². The highest BCUT2D eigenvalue weighted by Crippen LogP contribution is 2.33. The van der Waals surface area contributed by atoms with Gasteiger partial charge in [0.2, 0.25) is 15.9 Å². The molecule has 7 heteroatoms. The van der Waals surface area contributed by atoms with Gasteiger partial charge in [-0.15, -0.1) is 0 Å². The summed E-state index contributed by atoms with van der Waals surface area (Å²) in [6, 6.07) is 7.78. The first-order valence-corrected chi connectivity index (χ1v) is 8.98. The predicted octanol–water partition coefficient (Wildman–Crippen LogP) is 0.404. The number of ether oxygens (including phenoxy) is 1. The zero-order chi connectivity index (χ0) is 15.7. The number of hydrogen-bond acceptors (Lipinski definition) is 4. The van der Waals surface area contributed by atoms with Crippen LogP contribution in [0.2, 0.25) is 0 Å². The molecule has 0 spiro atoms. The first kappa shape index (κ1) is 15.5. The summed E-state index contributed by atoms with van der Waals surface area (Å²) in [5.74, 6) is -0.211. The Hall–Kier alpha value is -1.44. The molecule has 6 nitrogen and oxygen atoms in total. The number of nitrogens with zero attached hydrogens (tertiary/aromatic N) is 2. The largest absolute Gasteiger partial charge is 0.384 e. The summed E-state index contributed by atoms with van der Waals surface area (Å²) in [6.45, 7) is 1.06. The lowest BCUT2D eigenvalue weighted by molar-refractivity contribution is -0.138. The minimum Gasteiger partial charge on any atom is -0.384 e. The normalized spacial score (nSPS) is 22.3. The lowest BCUT2D eigenvalue weighted by Gasteiger charge is -2.44. The van der Waals surface area contributed by atoms with Crippen molar-refractivity contribution in [1.29, 1.82) is 0 Å². The van der Waals surface area contributed by atoms with Crippen molar-refractivity contribution < 1.29 is 17.9 Å². The van der Waals surface area contributed by atoms with E-state index in [1.807, 2.05) is 23.1 Å². The maximum absolute atomic E-state index is 12.4. The second-order valence-corrected chi connectivity index (χ2v) is 7.74. The molecule has 1 aromatic rings. The molecule has 1 unspecified atom stereocenters. The Kier molecular flexibility index (Phi) is 4.20. The summed E-state index contributed by atoms with van der Waals surface area (Å²) in [4.78, 5) is 14.2. The van der Waals surface area contributed by atoms with E-state index in [1.54, 1.807) is 0 Å². The molecule has 1 saturated heterocycles. The second kappa shape index (κ2) is 5.98. The van der Waals surface area contributed by atoms with Crippen LogP contribution in [0.15, 0.2) is 24.3 Å². The van der Waals surface area contributed by atoms with Crippen molar-refractivity contribution in [2.45, 2.75) is 12.5 Å². The molecule has 0 N–H and O–H groups in total. The molecule has 120 valence electrons. The van der Waals surface area contributed by atoms with Gasteiger partial charge in [0, 0.05) is 20.2 Å². The summed E-state index contributed by atoms with van der Waals surface area (Å²) < 4.78 is 30.9. The predicted molar refractivity (Wildman–Crippen MR) is 81.8 cm³/mol. The van der Waals surface area contributed by atoms with Gasteiger partial charge in [-0.25, -0.2) is 8.42 Å². The minimum absolute atomic E-state index is 0.0648. The van der Waals surface area contributed by atoms with Gasteiger partial charge >= 0.3 is 0 Å². The Morgan fingerprint density at radius 2 is 2.09 bits per heavy atom. The zero-order valence-corrected chi connectivity index (χ0v) is 13.4. The third-order valence-electron chi connectivity index (χ3n) is 4.36. The SMILES string of the molecule is COCCS(=O)(=O)N1CC(=O)N2CCc3ccccc3C2C1. The fourth-order valence-corrected chi connectivity index (χ4v) is 4.49. The zero-order valence-electron chi connectivity index (χ0n) is 12.6. The number of piperazine rings is 1. The number of carbonyl (C=O) groups is 1. The van der Waals surface area contributed by atoms with E-state index in [9.17, 15) is 13.2 Å². The number of sulfonamides is 1. The molecule has 0 aliphatic carbocycles. The third kappa shape index (κ3) is 2.76. The van der Waals surface area contributed by atoms with Crippen molar-refractivity contribution in [2.75, 3.05) is 39.1 Å². The standard InChI is InChI=1S/C15H20N2O4S/c1-21-8-9-22(19,20)16-10-14-13-5-3-2-4-12(13)6-7-17(14)15(18)11-16/h2-5,14H,6-11H2,1H3. The fraction of sp³-hybridized carbons (Fsp3) is 0.533. The van der Waals surface area contributed by atoms with E-state index in [-0.39, 0.29) is 30.9 Å². The fourth-order valence-electron chi connectivity index (χ4n) is 3.18. The topological polar surface area (TPSA) is 66.9 Å². The van der Waals surface area contributed by atoms with Gasteiger partial charge in [0.05, 0.1) is 24.9 Å². The minimum atomic E-state index is -3.47. The van der Waals surface area contributed by atoms with Gasteiger partial charge in [-0.2, -0.15) is 4.31 Å². The van der Waals surface area contributed by atoms with Crippen molar-refractivity contribution in [2.24, 2.45) is 0 Å². The highest BCUT2D eigenvalue weighted by molar-refractivity contribution is 7.89. The van der Waals surface area contributed by atoms with Crippen LogP contribution in [-0.2, 0) is 26.0 Å². The summed E-state index contributed by atoms with van der Waals surface area (Å²) in [7, 11) is -2.00. The lowest BCUT2D eigenvalue weighted by atomic mass is 9.91. The van der Waals surface area contributed by atoms with Gasteiger partial charge in [-0.05, 0) is 17.5 Å².